The Kier molecular flexibility index (Phi) is 4.80. The zero-order valence-electron chi connectivity index (χ0n) is 12.9. The van der Waals surface area contributed by atoms with Gasteiger partial charge in [-0.2, -0.15) is 0 Å². The fourth-order valence-electron chi connectivity index (χ4n) is 2.64. The van der Waals surface area contributed by atoms with Crippen LogP contribution in [0.25, 0.3) is 0 Å². The van der Waals surface area contributed by atoms with Crippen LogP contribution in [0, 0.1) is 6.92 Å². The summed E-state index contributed by atoms with van der Waals surface area (Å²) in [6.07, 6.45) is 1.08. The minimum Gasteiger partial charge on any atom is -0.344 e. The van der Waals surface area contributed by atoms with Crippen LogP contribution in [0.3, 0.4) is 0 Å². The van der Waals surface area contributed by atoms with Gasteiger partial charge in [0.25, 0.3) is 0 Å². The molecule has 0 aliphatic carbocycles. The average Bonchev–Trinajstić information content (AvgIpc) is 2.48. The molecule has 0 bridgehead atoms. The molecule has 2 heteroatoms. The molecule has 0 spiro atoms. The number of rotatable bonds is 5. The van der Waals surface area contributed by atoms with Crippen LogP contribution in [-0.4, -0.2) is 14.1 Å². The zero-order chi connectivity index (χ0) is 14.5. The van der Waals surface area contributed by atoms with Crippen LogP contribution in [0.1, 0.15) is 30.5 Å². The lowest BCUT2D eigenvalue weighted by Gasteiger charge is -2.26. The van der Waals surface area contributed by atoms with E-state index in [1.807, 2.05) is 7.05 Å². The Morgan fingerprint density at radius 2 is 1.85 bits per heavy atom. The molecular weight excluding hydrogens is 244 g/mol. The summed E-state index contributed by atoms with van der Waals surface area (Å²) in [5, 5.41) is 3.40. The van der Waals surface area contributed by atoms with E-state index in [1.54, 1.807) is 0 Å². The Labute approximate surface area is 122 Å². The third-order valence-corrected chi connectivity index (χ3v) is 3.82. The normalized spacial score (nSPS) is 12.2. The Morgan fingerprint density at radius 1 is 1.10 bits per heavy atom. The van der Waals surface area contributed by atoms with Crippen molar-refractivity contribution in [2.75, 3.05) is 19.0 Å². The van der Waals surface area contributed by atoms with Crippen LogP contribution in [-0.2, 0) is 0 Å². The van der Waals surface area contributed by atoms with Gasteiger partial charge in [-0.25, -0.2) is 0 Å². The summed E-state index contributed by atoms with van der Waals surface area (Å²) in [5.41, 5.74) is 5.12. The van der Waals surface area contributed by atoms with Crippen LogP contribution in [0.15, 0.2) is 48.5 Å². The topological polar surface area (TPSA) is 15.3 Å². The summed E-state index contributed by atoms with van der Waals surface area (Å²) in [6.45, 7) is 4.34. The molecule has 2 aromatic rings. The number of hydrogen-bond acceptors (Lipinski definition) is 2. The highest BCUT2D eigenvalue weighted by Gasteiger charge is 2.14. The third kappa shape index (κ3) is 3.02. The lowest BCUT2D eigenvalue weighted by molar-refractivity contribution is 0.577. The highest BCUT2D eigenvalue weighted by Crippen LogP contribution is 2.32. The molecule has 0 fully saturated rings. The van der Waals surface area contributed by atoms with E-state index in [-0.39, 0.29) is 0 Å². The van der Waals surface area contributed by atoms with Gasteiger partial charge in [-0.3, -0.25) is 0 Å². The smallest absolute Gasteiger partial charge is 0.0456 e. The fourth-order valence-corrected chi connectivity index (χ4v) is 2.64. The van der Waals surface area contributed by atoms with Gasteiger partial charge >= 0.3 is 0 Å². The number of nitrogens with one attached hydrogen (secondary N) is 1. The van der Waals surface area contributed by atoms with Gasteiger partial charge in [-0.1, -0.05) is 37.3 Å². The van der Waals surface area contributed by atoms with Gasteiger partial charge in [-0.05, 0) is 49.7 Å². The lowest BCUT2D eigenvalue weighted by atomic mass is 10.0. The molecule has 1 unspecified atom stereocenters. The molecule has 20 heavy (non-hydrogen) atoms. The number of anilines is 2. The van der Waals surface area contributed by atoms with Crippen molar-refractivity contribution >= 4 is 11.4 Å². The number of benzene rings is 2. The highest BCUT2D eigenvalue weighted by molar-refractivity contribution is 5.66. The molecule has 0 aliphatic heterocycles. The minimum atomic E-state index is 0.387. The van der Waals surface area contributed by atoms with Crippen molar-refractivity contribution in [3.8, 4) is 0 Å². The van der Waals surface area contributed by atoms with E-state index >= 15 is 0 Å². The predicted molar refractivity (Wildman–Crippen MR) is 87.8 cm³/mol. The van der Waals surface area contributed by atoms with Crippen molar-refractivity contribution in [3.63, 3.8) is 0 Å². The second kappa shape index (κ2) is 6.58. The van der Waals surface area contributed by atoms with Crippen LogP contribution in [0.2, 0.25) is 0 Å². The highest BCUT2D eigenvalue weighted by atomic mass is 15.1. The Morgan fingerprint density at radius 3 is 2.50 bits per heavy atom. The summed E-state index contributed by atoms with van der Waals surface area (Å²) >= 11 is 0. The molecule has 1 atom stereocenters. The second-order valence-corrected chi connectivity index (χ2v) is 5.21. The maximum atomic E-state index is 3.40. The molecule has 0 aliphatic rings. The van der Waals surface area contributed by atoms with E-state index in [1.165, 1.54) is 22.5 Å². The van der Waals surface area contributed by atoms with Gasteiger partial charge in [0.15, 0.2) is 0 Å². The van der Waals surface area contributed by atoms with Gasteiger partial charge in [0.1, 0.15) is 0 Å². The Bertz CT molecular complexity index is 559. The molecule has 1 N–H and O–H groups in total. The summed E-state index contributed by atoms with van der Waals surface area (Å²) in [6, 6.07) is 17.6. The maximum Gasteiger partial charge on any atom is 0.0456 e. The van der Waals surface area contributed by atoms with Gasteiger partial charge in [0.2, 0.25) is 0 Å². The standard InChI is InChI=1S/C18H24N2/c1-5-17(19-3)16-11-6-7-12-18(16)20(4)15-10-8-9-14(2)13-15/h6-13,17,19H,5H2,1-4H3. The molecule has 106 valence electrons. The first-order chi connectivity index (χ1) is 9.67. The Hall–Kier alpha value is -1.80. The van der Waals surface area contributed by atoms with Crippen LogP contribution in [0.5, 0.6) is 0 Å². The first-order valence-corrected chi connectivity index (χ1v) is 7.24. The van der Waals surface area contributed by atoms with Crippen molar-refractivity contribution < 1.29 is 0 Å². The van der Waals surface area contributed by atoms with Gasteiger partial charge in [-0.15, -0.1) is 0 Å². The molecule has 0 saturated heterocycles. The molecule has 0 heterocycles. The van der Waals surface area contributed by atoms with Crippen molar-refractivity contribution in [3.05, 3.63) is 59.7 Å². The van der Waals surface area contributed by atoms with Gasteiger partial charge in [0.05, 0.1) is 0 Å². The van der Waals surface area contributed by atoms with Crippen molar-refractivity contribution in [2.45, 2.75) is 26.3 Å². The zero-order valence-corrected chi connectivity index (χ0v) is 12.9. The first kappa shape index (κ1) is 14.6. The average molecular weight is 268 g/mol. The van der Waals surface area contributed by atoms with Crippen LogP contribution < -0.4 is 10.2 Å². The predicted octanol–water partition coefficient (Wildman–Crippen LogP) is 4.43. The summed E-state index contributed by atoms with van der Waals surface area (Å²) in [7, 11) is 4.16. The van der Waals surface area contributed by atoms with E-state index in [2.05, 4.69) is 79.6 Å². The van der Waals surface area contributed by atoms with Crippen LogP contribution in [0.4, 0.5) is 11.4 Å². The largest absolute Gasteiger partial charge is 0.344 e. The SMILES string of the molecule is CCC(NC)c1ccccc1N(C)c1cccc(C)c1. The molecule has 0 aromatic heterocycles. The van der Waals surface area contributed by atoms with Crippen molar-refractivity contribution in [2.24, 2.45) is 0 Å². The maximum absolute atomic E-state index is 3.40. The molecule has 2 aromatic carbocycles. The minimum absolute atomic E-state index is 0.387. The van der Waals surface area contributed by atoms with E-state index in [9.17, 15) is 0 Å². The third-order valence-electron chi connectivity index (χ3n) is 3.82. The monoisotopic (exact) mass is 268 g/mol. The fraction of sp³-hybridized carbons (Fsp3) is 0.333. The van der Waals surface area contributed by atoms with Crippen molar-refractivity contribution in [1.82, 2.24) is 5.32 Å². The molecule has 0 saturated carbocycles. The van der Waals surface area contributed by atoms with E-state index in [4.69, 9.17) is 0 Å². The number of nitrogens with zero attached hydrogens (tertiary/aromatic N) is 1. The second-order valence-electron chi connectivity index (χ2n) is 5.21. The number of para-hydroxylation sites is 1. The lowest BCUT2D eigenvalue weighted by Crippen LogP contribution is -2.19. The van der Waals surface area contributed by atoms with Crippen molar-refractivity contribution in [1.29, 1.82) is 0 Å². The molecular formula is C18H24N2. The Balaban J connectivity index is 2.42. The quantitative estimate of drug-likeness (QED) is 0.862. The molecule has 2 nitrogen and oxygen atoms in total. The summed E-state index contributed by atoms with van der Waals surface area (Å²) < 4.78 is 0. The molecule has 2 rings (SSSR count). The number of aryl methyl sites for hydroxylation is 1. The van der Waals surface area contributed by atoms with E-state index in [0.717, 1.165) is 6.42 Å². The van der Waals surface area contributed by atoms with Gasteiger partial charge in [0, 0.05) is 24.5 Å². The molecule has 0 radical (unpaired) electrons. The van der Waals surface area contributed by atoms with E-state index < -0.39 is 0 Å². The number of hydrogen-bond donors (Lipinski definition) is 1. The summed E-state index contributed by atoms with van der Waals surface area (Å²) in [5.74, 6) is 0. The molecule has 0 amide bonds. The van der Waals surface area contributed by atoms with E-state index in [0.29, 0.717) is 6.04 Å². The van der Waals surface area contributed by atoms with Crippen LogP contribution >= 0.6 is 0 Å². The first-order valence-electron chi connectivity index (χ1n) is 7.24. The van der Waals surface area contributed by atoms with Gasteiger partial charge < -0.3 is 10.2 Å². The summed E-state index contributed by atoms with van der Waals surface area (Å²) in [4.78, 5) is 2.27.